The Balaban J connectivity index is 2.48. The number of guanidine groups is 1. The fourth-order valence-corrected chi connectivity index (χ4v) is 1.82. The Kier molecular flexibility index (Phi) is 8.00. The van der Waals surface area contributed by atoms with Crippen molar-refractivity contribution in [2.45, 2.75) is 19.5 Å². The van der Waals surface area contributed by atoms with Gasteiger partial charge in [0, 0.05) is 38.4 Å². The molecule has 0 fully saturated rings. The third-order valence-electron chi connectivity index (χ3n) is 2.96. The molecule has 1 aromatic heterocycles. The van der Waals surface area contributed by atoms with Gasteiger partial charge in [-0.25, -0.2) is 4.99 Å². The van der Waals surface area contributed by atoms with Crippen LogP contribution in [0.15, 0.2) is 29.4 Å². The number of halogens is 3. The molecule has 0 aliphatic heterocycles. The molecule has 0 spiro atoms. The molecule has 0 atom stereocenters. The van der Waals surface area contributed by atoms with E-state index in [1.807, 2.05) is 25.1 Å². The van der Waals surface area contributed by atoms with Crippen LogP contribution in [0.2, 0.25) is 0 Å². The number of aromatic nitrogens is 1. The van der Waals surface area contributed by atoms with Crippen LogP contribution >= 0.6 is 0 Å². The van der Waals surface area contributed by atoms with E-state index >= 15 is 0 Å². The van der Waals surface area contributed by atoms with Crippen LogP contribution in [-0.2, 0) is 11.2 Å². The normalized spacial score (nSPS) is 12.0. The summed E-state index contributed by atoms with van der Waals surface area (Å²) in [5, 5.41) is 5.95. The zero-order valence-electron chi connectivity index (χ0n) is 13.7. The summed E-state index contributed by atoms with van der Waals surface area (Å²) in [5.74, 6) is -0.323. The van der Waals surface area contributed by atoms with Crippen molar-refractivity contribution >= 4 is 11.9 Å². The zero-order valence-corrected chi connectivity index (χ0v) is 13.7. The van der Waals surface area contributed by atoms with Crippen LogP contribution < -0.4 is 10.6 Å². The van der Waals surface area contributed by atoms with Crippen LogP contribution in [-0.4, -0.2) is 61.2 Å². The summed E-state index contributed by atoms with van der Waals surface area (Å²) in [5.41, 5.74) is 0.904. The van der Waals surface area contributed by atoms with Gasteiger partial charge in [-0.05, 0) is 19.1 Å². The molecule has 0 saturated heterocycles. The molecule has 0 aromatic carbocycles. The second kappa shape index (κ2) is 9.74. The van der Waals surface area contributed by atoms with Crippen LogP contribution in [0.25, 0.3) is 0 Å². The Labute approximate surface area is 139 Å². The van der Waals surface area contributed by atoms with E-state index in [-0.39, 0.29) is 6.54 Å². The van der Waals surface area contributed by atoms with Crippen LogP contribution in [0.3, 0.4) is 0 Å². The van der Waals surface area contributed by atoms with Crippen molar-refractivity contribution in [2.24, 2.45) is 4.99 Å². The molecule has 24 heavy (non-hydrogen) atoms. The highest BCUT2D eigenvalue weighted by Crippen LogP contribution is 2.15. The van der Waals surface area contributed by atoms with E-state index in [1.165, 1.54) is 0 Å². The van der Waals surface area contributed by atoms with Gasteiger partial charge in [0.1, 0.15) is 13.1 Å². The number of pyridine rings is 1. The molecule has 2 N–H and O–H groups in total. The first kappa shape index (κ1) is 19.7. The molecule has 1 rings (SSSR count). The molecule has 1 aromatic rings. The number of nitrogens with one attached hydrogen (secondary N) is 2. The highest BCUT2D eigenvalue weighted by atomic mass is 19.4. The van der Waals surface area contributed by atoms with Crippen LogP contribution in [0.4, 0.5) is 13.2 Å². The molecule has 0 aliphatic rings. The van der Waals surface area contributed by atoms with Gasteiger partial charge in [0.2, 0.25) is 5.91 Å². The van der Waals surface area contributed by atoms with E-state index in [9.17, 15) is 18.0 Å². The Bertz CT molecular complexity index is 534. The Morgan fingerprint density at radius 1 is 1.33 bits per heavy atom. The lowest BCUT2D eigenvalue weighted by atomic mass is 10.3. The lowest BCUT2D eigenvalue weighted by Crippen LogP contribution is -2.40. The minimum atomic E-state index is -4.42. The number of carbonyl (C=O) groups excluding carboxylic acids is 1. The molecule has 0 bridgehead atoms. The highest BCUT2D eigenvalue weighted by Gasteiger charge is 2.30. The van der Waals surface area contributed by atoms with Gasteiger partial charge in [0.15, 0.2) is 5.96 Å². The van der Waals surface area contributed by atoms with Gasteiger partial charge in [-0.3, -0.25) is 9.78 Å². The molecular weight excluding hydrogens is 323 g/mol. The van der Waals surface area contributed by atoms with E-state index in [1.54, 1.807) is 6.20 Å². The predicted molar refractivity (Wildman–Crippen MR) is 85.6 cm³/mol. The molecule has 0 saturated carbocycles. The molecule has 0 aliphatic carbocycles. The maximum absolute atomic E-state index is 12.3. The molecular formula is C15H22F3N5O. The van der Waals surface area contributed by atoms with Crippen LogP contribution in [0, 0.1) is 0 Å². The third kappa shape index (κ3) is 8.35. The van der Waals surface area contributed by atoms with Crippen molar-refractivity contribution in [3.63, 3.8) is 0 Å². The summed E-state index contributed by atoms with van der Waals surface area (Å²) in [6.07, 6.45) is -2.06. The molecule has 0 radical (unpaired) electrons. The lowest BCUT2D eigenvalue weighted by molar-refractivity contribution is -0.157. The van der Waals surface area contributed by atoms with Gasteiger partial charge in [0.25, 0.3) is 0 Å². The van der Waals surface area contributed by atoms with Gasteiger partial charge in [-0.15, -0.1) is 0 Å². The number of hydrogen-bond acceptors (Lipinski definition) is 3. The summed E-state index contributed by atoms with van der Waals surface area (Å²) in [4.78, 5) is 20.5. The van der Waals surface area contributed by atoms with Crippen molar-refractivity contribution in [2.75, 3.05) is 33.2 Å². The van der Waals surface area contributed by atoms with Crippen LogP contribution in [0.1, 0.15) is 12.6 Å². The molecule has 0 unspecified atom stereocenters. The second-order valence-corrected chi connectivity index (χ2v) is 5.06. The summed E-state index contributed by atoms with van der Waals surface area (Å²) < 4.78 is 36.8. The molecule has 6 nitrogen and oxygen atoms in total. The summed E-state index contributed by atoms with van der Waals surface area (Å²) in [6.45, 7) is 1.32. The maximum atomic E-state index is 12.3. The topological polar surface area (TPSA) is 69.6 Å². The number of amides is 1. The number of hydrogen-bond donors (Lipinski definition) is 2. The van der Waals surface area contributed by atoms with Crippen molar-refractivity contribution in [3.8, 4) is 0 Å². The molecule has 1 heterocycles. The largest absolute Gasteiger partial charge is 0.406 e. The number of aliphatic imine (C=N–C) groups is 1. The van der Waals surface area contributed by atoms with E-state index in [2.05, 4.69) is 20.6 Å². The fraction of sp³-hybridized carbons (Fsp3) is 0.533. The smallest absolute Gasteiger partial charge is 0.357 e. The Morgan fingerprint density at radius 3 is 2.67 bits per heavy atom. The van der Waals surface area contributed by atoms with E-state index in [0.717, 1.165) is 12.7 Å². The average molecular weight is 345 g/mol. The van der Waals surface area contributed by atoms with E-state index in [0.29, 0.717) is 30.4 Å². The quantitative estimate of drug-likeness (QED) is 0.576. The maximum Gasteiger partial charge on any atom is 0.406 e. The van der Waals surface area contributed by atoms with Crippen molar-refractivity contribution in [1.82, 2.24) is 20.5 Å². The van der Waals surface area contributed by atoms with Gasteiger partial charge in [0.05, 0.1) is 0 Å². The number of rotatable bonds is 7. The van der Waals surface area contributed by atoms with Gasteiger partial charge < -0.3 is 15.5 Å². The average Bonchev–Trinajstić information content (AvgIpc) is 2.51. The first-order chi connectivity index (χ1) is 11.3. The Hall–Kier alpha value is -2.32. The first-order valence-electron chi connectivity index (χ1n) is 7.54. The van der Waals surface area contributed by atoms with Gasteiger partial charge in [-0.2, -0.15) is 13.2 Å². The van der Waals surface area contributed by atoms with E-state index in [4.69, 9.17) is 0 Å². The number of likely N-dealkylation sites (N-methyl/N-ethyl adjacent to an activating group) is 1. The first-order valence-corrected chi connectivity index (χ1v) is 7.54. The number of carbonyl (C=O) groups is 1. The van der Waals surface area contributed by atoms with Crippen molar-refractivity contribution < 1.29 is 18.0 Å². The number of nitrogens with zero attached hydrogens (tertiary/aromatic N) is 3. The number of alkyl halides is 3. The highest BCUT2D eigenvalue weighted by molar-refractivity contribution is 5.84. The van der Waals surface area contributed by atoms with Crippen molar-refractivity contribution in [1.29, 1.82) is 0 Å². The SMILES string of the molecule is CCNC(=NCC(=O)N(C)CC(F)(F)F)NCCc1ccccn1. The third-order valence-corrected chi connectivity index (χ3v) is 2.96. The fourth-order valence-electron chi connectivity index (χ4n) is 1.82. The second-order valence-electron chi connectivity index (χ2n) is 5.06. The molecule has 1 amide bonds. The van der Waals surface area contributed by atoms with E-state index < -0.39 is 18.6 Å². The molecule has 9 heteroatoms. The summed E-state index contributed by atoms with van der Waals surface area (Å²) >= 11 is 0. The lowest BCUT2D eigenvalue weighted by Gasteiger charge is -2.18. The predicted octanol–water partition coefficient (Wildman–Crippen LogP) is 1.20. The standard InChI is InChI=1S/C15H22F3N5O/c1-3-19-14(21-9-7-12-6-4-5-8-20-12)22-10-13(24)23(2)11-15(16,17)18/h4-6,8H,3,7,9-11H2,1-2H3,(H2,19,21,22). The zero-order chi connectivity index (χ0) is 18.0. The monoisotopic (exact) mass is 345 g/mol. The minimum Gasteiger partial charge on any atom is -0.357 e. The minimum absolute atomic E-state index is 0.356. The van der Waals surface area contributed by atoms with Gasteiger partial charge >= 0.3 is 6.18 Å². The Morgan fingerprint density at radius 2 is 2.08 bits per heavy atom. The summed E-state index contributed by atoms with van der Waals surface area (Å²) in [7, 11) is 1.10. The van der Waals surface area contributed by atoms with Crippen LogP contribution in [0.5, 0.6) is 0 Å². The molecule has 134 valence electrons. The van der Waals surface area contributed by atoms with Crippen molar-refractivity contribution in [3.05, 3.63) is 30.1 Å². The van der Waals surface area contributed by atoms with Gasteiger partial charge in [-0.1, -0.05) is 6.07 Å². The summed E-state index contributed by atoms with van der Waals surface area (Å²) in [6, 6.07) is 5.60.